The Morgan fingerprint density at radius 2 is 2.00 bits per heavy atom. The molecule has 0 radical (unpaired) electrons. The van der Waals surface area contributed by atoms with E-state index >= 15 is 0 Å². The van der Waals surface area contributed by atoms with E-state index in [4.69, 9.17) is 5.73 Å². The number of rotatable bonds is 3. The number of nitrogen functional groups attached to an aromatic ring is 1. The third-order valence-electron chi connectivity index (χ3n) is 6.23. The lowest BCUT2D eigenvalue weighted by atomic mass is 10.0. The van der Waals surface area contributed by atoms with E-state index in [9.17, 15) is 18.0 Å². The zero-order valence-corrected chi connectivity index (χ0v) is 17.4. The molecule has 1 aliphatic rings. The van der Waals surface area contributed by atoms with Crippen LogP contribution in [0.25, 0.3) is 16.6 Å². The highest BCUT2D eigenvalue weighted by atomic mass is 19.4. The lowest BCUT2D eigenvalue weighted by molar-refractivity contribution is -0.137. The molecule has 1 aliphatic carbocycles. The highest BCUT2D eigenvalue weighted by molar-refractivity contribution is 5.98. The fraction of sp³-hybridized carbons (Fsp3) is 0.250. The number of nitrogens with two attached hydrogens (primary N) is 1. The summed E-state index contributed by atoms with van der Waals surface area (Å²) in [5.74, 6) is 0.252. The molecule has 0 spiro atoms. The van der Waals surface area contributed by atoms with Crippen LogP contribution in [0.15, 0.2) is 54.7 Å². The largest absolute Gasteiger partial charge is 0.416 e. The van der Waals surface area contributed by atoms with Crippen LogP contribution in [0.2, 0.25) is 0 Å². The molecule has 4 aromatic rings. The summed E-state index contributed by atoms with van der Waals surface area (Å²) in [6.07, 6.45) is -1.39. The maximum atomic E-state index is 13.5. The number of aromatic nitrogens is 2. The van der Waals surface area contributed by atoms with Gasteiger partial charge in [0.05, 0.1) is 28.2 Å². The van der Waals surface area contributed by atoms with Crippen LogP contribution < -0.4 is 5.73 Å². The van der Waals surface area contributed by atoms with Gasteiger partial charge in [-0.15, -0.1) is 0 Å². The van der Waals surface area contributed by atoms with Crippen molar-refractivity contribution in [2.75, 3.05) is 12.3 Å². The number of nitrogens with zero attached hydrogens (tertiary/aromatic N) is 3. The van der Waals surface area contributed by atoms with Crippen LogP contribution >= 0.6 is 0 Å². The number of amides is 1. The number of fused-ring (bicyclic) bond motifs is 4. The molecule has 32 heavy (non-hydrogen) atoms. The Labute approximate surface area is 182 Å². The van der Waals surface area contributed by atoms with Crippen molar-refractivity contribution in [1.82, 2.24) is 14.3 Å². The summed E-state index contributed by atoms with van der Waals surface area (Å²) < 4.78 is 41.2. The van der Waals surface area contributed by atoms with E-state index in [1.54, 1.807) is 23.1 Å². The maximum Gasteiger partial charge on any atom is 0.416 e. The Morgan fingerprint density at radius 3 is 2.75 bits per heavy atom. The zero-order valence-electron chi connectivity index (χ0n) is 17.4. The number of hydrogen-bond acceptors (Lipinski definition) is 3. The molecule has 0 bridgehead atoms. The molecule has 1 amide bonds. The second kappa shape index (κ2) is 7.25. The van der Waals surface area contributed by atoms with Crippen LogP contribution in [0.4, 0.5) is 19.0 Å². The van der Waals surface area contributed by atoms with Crippen molar-refractivity contribution in [3.63, 3.8) is 0 Å². The second-order valence-electron chi connectivity index (χ2n) is 8.02. The standard InChI is InChI=1S/C24H21F3N4O/c1-2-30(19-10-6-14-12-16(24(25,26)27)7-8-17(14)19)23(32)15-5-9-18-21(13-15)31-11-3-4-20(31)22(28)29-18/h3-5,7-9,11-13,19H,2,6,10H2,1H3,(H2,28,29). The molecule has 5 rings (SSSR count). The first-order chi connectivity index (χ1) is 15.3. The highest BCUT2D eigenvalue weighted by Gasteiger charge is 2.35. The van der Waals surface area contributed by atoms with E-state index < -0.39 is 11.7 Å². The lowest BCUT2D eigenvalue weighted by Crippen LogP contribution is -2.34. The SMILES string of the molecule is CCN(C(=O)c1ccc2nc(N)c3cccn3c2c1)C1CCc2cc(C(F)(F)F)ccc21. The van der Waals surface area contributed by atoms with Crippen molar-refractivity contribution in [2.24, 2.45) is 0 Å². The van der Waals surface area contributed by atoms with E-state index in [1.807, 2.05) is 29.7 Å². The Morgan fingerprint density at radius 1 is 1.19 bits per heavy atom. The van der Waals surface area contributed by atoms with E-state index in [1.165, 1.54) is 12.1 Å². The summed E-state index contributed by atoms with van der Waals surface area (Å²) in [4.78, 5) is 19.6. The van der Waals surface area contributed by atoms with Gasteiger partial charge in [0.1, 0.15) is 5.82 Å². The van der Waals surface area contributed by atoms with Crippen LogP contribution in [0.1, 0.15) is 46.4 Å². The second-order valence-corrected chi connectivity index (χ2v) is 8.02. The fourth-order valence-electron chi connectivity index (χ4n) is 4.70. The Kier molecular flexibility index (Phi) is 4.62. The van der Waals surface area contributed by atoms with Crippen LogP contribution in [-0.4, -0.2) is 26.7 Å². The van der Waals surface area contributed by atoms with Gasteiger partial charge in [-0.05, 0) is 73.4 Å². The number of halogens is 3. The van der Waals surface area contributed by atoms with E-state index in [2.05, 4.69) is 4.98 Å². The first-order valence-electron chi connectivity index (χ1n) is 10.4. The molecule has 0 saturated heterocycles. The van der Waals surface area contributed by atoms with Crippen LogP contribution in [-0.2, 0) is 12.6 Å². The van der Waals surface area contributed by atoms with Gasteiger partial charge in [-0.25, -0.2) is 4.98 Å². The van der Waals surface area contributed by atoms with Gasteiger partial charge in [-0.3, -0.25) is 4.79 Å². The fourth-order valence-corrected chi connectivity index (χ4v) is 4.70. The predicted octanol–water partition coefficient (Wildman–Crippen LogP) is 5.24. The van der Waals surface area contributed by atoms with Gasteiger partial charge in [-0.1, -0.05) is 6.07 Å². The van der Waals surface area contributed by atoms with Crippen LogP contribution in [0, 0.1) is 0 Å². The van der Waals surface area contributed by atoms with Crippen molar-refractivity contribution in [3.05, 3.63) is 77.0 Å². The molecule has 8 heteroatoms. The number of carbonyl (C=O) groups is 1. The Balaban J connectivity index is 1.52. The number of aryl methyl sites for hydroxylation is 1. The molecule has 1 unspecified atom stereocenters. The van der Waals surface area contributed by atoms with Gasteiger partial charge in [0.25, 0.3) is 5.91 Å². The zero-order chi connectivity index (χ0) is 22.6. The predicted molar refractivity (Wildman–Crippen MR) is 116 cm³/mol. The number of hydrogen-bond donors (Lipinski definition) is 1. The average molecular weight is 438 g/mol. The van der Waals surface area contributed by atoms with E-state index in [0.29, 0.717) is 41.8 Å². The number of anilines is 1. The molecule has 2 aromatic heterocycles. The molecule has 2 aromatic carbocycles. The van der Waals surface area contributed by atoms with Gasteiger partial charge >= 0.3 is 6.18 Å². The third-order valence-corrected chi connectivity index (χ3v) is 6.23. The molecule has 0 aliphatic heterocycles. The van der Waals surface area contributed by atoms with E-state index in [-0.39, 0.29) is 11.9 Å². The van der Waals surface area contributed by atoms with Gasteiger partial charge < -0.3 is 15.0 Å². The van der Waals surface area contributed by atoms with Crippen molar-refractivity contribution >= 4 is 28.3 Å². The van der Waals surface area contributed by atoms with Crippen molar-refractivity contribution < 1.29 is 18.0 Å². The molecule has 2 heterocycles. The molecular weight excluding hydrogens is 417 g/mol. The maximum absolute atomic E-state index is 13.5. The van der Waals surface area contributed by atoms with Gasteiger partial charge in [0.15, 0.2) is 0 Å². The molecule has 164 valence electrons. The van der Waals surface area contributed by atoms with Crippen molar-refractivity contribution in [3.8, 4) is 0 Å². The molecule has 0 saturated carbocycles. The Hall–Kier alpha value is -3.55. The lowest BCUT2D eigenvalue weighted by Gasteiger charge is -2.29. The van der Waals surface area contributed by atoms with Crippen molar-refractivity contribution in [2.45, 2.75) is 32.0 Å². The molecule has 1 atom stereocenters. The van der Waals surface area contributed by atoms with Crippen LogP contribution in [0.5, 0.6) is 0 Å². The van der Waals surface area contributed by atoms with Crippen molar-refractivity contribution in [1.29, 1.82) is 0 Å². The number of carbonyl (C=O) groups excluding carboxylic acids is 1. The first-order valence-corrected chi connectivity index (χ1v) is 10.4. The number of alkyl halides is 3. The van der Waals surface area contributed by atoms with Gasteiger partial charge in [0, 0.05) is 18.3 Å². The third kappa shape index (κ3) is 3.18. The number of benzene rings is 2. The smallest absolute Gasteiger partial charge is 0.382 e. The average Bonchev–Trinajstić information content (AvgIpc) is 3.41. The van der Waals surface area contributed by atoms with E-state index in [0.717, 1.165) is 22.7 Å². The summed E-state index contributed by atoms with van der Waals surface area (Å²) in [6, 6.07) is 12.6. The van der Waals surface area contributed by atoms with Gasteiger partial charge in [0.2, 0.25) is 0 Å². The normalized spacial score (nSPS) is 15.9. The minimum absolute atomic E-state index is 0.163. The topological polar surface area (TPSA) is 63.6 Å². The monoisotopic (exact) mass is 438 g/mol. The molecule has 0 fully saturated rings. The summed E-state index contributed by atoms with van der Waals surface area (Å²) in [5, 5.41) is 0. The minimum atomic E-state index is -4.38. The Bertz CT molecular complexity index is 1360. The minimum Gasteiger partial charge on any atom is -0.382 e. The van der Waals surface area contributed by atoms with Crippen LogP contribution in [0.3, 0.4) is 0 Å². The highest BCUT2D eigenvalue weighted by Crippen LogP contribution is 2.40. The quantitative estimate of drug-likeness (QED) is 0.476. The van der Waals surface area contributed by atoms with Gasteiger partial charge in [-0.2, -0.15) is 13.2 Å². The summed E-state index contributed by atoms with van der Waals surface area (Å²) in [6.45, 7) is 2.33. The molecule has 2 N–H and O–H groups in total. The first kappa shape index (κ1) is 20.4. The summed E-state index contributed by atoms with van der Waals surface area (Å²) in [5.41, 5.74) is 9.53. The molecule has 5 nitrogen and oxygen atoms in total. The molecular formula is C24H21F3N4O. The summed E-state index contributed by atoms with van der Waals surface area (Å²) >= 11 is 0. The summed E-state index contributed by atoms with van der Waals surface area (Å²) in [7, 11) is 0.